The van der Waals surface area contributed by atoms with E-state index in [2.05, 4.69) is 39.8 Å². The summed E-state index contributed by atoms with van der Waals surface area (Å²) in [5.74, 6) is 0. The first-order chi connectivity index (χ1) is 7.42. The maximum absolute atomic E-state index is 4.88. The van der Waals surface area contributed by atoms with Crippen LogP contribution in [0.4, 0.5) is 5.69 Å². The Kier molecular flexibility index (Phi) is 2.65. The summed E-state index contributed by atoms with van der Waals surface area (Å²) in [7, 11) is 0. The maximum atomic E-state index is 4.88. The van der Waals surface area contributed by atoms with Gasteiger partial charge in [-0.1, -0.05) is 45.9 Å². The Balaban J connectivity index is 2.42. The molecule has 0 aliphatic heterocycles. The van der Waals surface area contributed by atoms with Crippen molar-refractivity contribution >= 4 is 11.4 Å². The van der Waals surface area contributed by atoms with Crippen LogP contribution in [0.15, 0.2) is 35.3 Å². The zero-order valence-electron chi connectivity index (χ0n) is 10.7. The highest BCUT2D eigenvalue weighted by atomic mass is 14.8. The molecule has 1 saturated carbocycles. The zero-order valence-corrected chi connectivity index (χ0v) is 10.7. The molecule has 0 spiro atoms. The average molecular weight is 215 g/mol. The number of benzene rings is 1. The minimum atomic E-state index is 0.249. The van der Waals surface area contributed by atoms with Gasteiger partial charge in [-0.3, -0.25) is 4.99 Å². The van der Waals surface area contributed by atoms with Crippen LogP contribution in [0.2, 0.25) is 0 Å². The standard InChI is InChI=1S/C15H21N/c1-14(2)10-11-15(3,4)13(14)16-12-8-6-5-7-9-12/h5-9H,10-11H2,1-4H3. The van der Waals surface area contributed by atoms with Crippen molar-refractivity contribution in [3.63, 3.8) is 0 Å². The van der Waals surface area contributed by atoms with E-state index >= 15 is 0 Å². The molecule has 0 bridgehead atoms. The molecule has 0 saturated heterocycles. The highest BCUT2D eigenvalue weighted by Crippen LogP contribution is 2.46. The van der Waals surface area contributed by atoms with Crippen molar-refractivity contribution in [2.45, 2.75) is 40.5 Å². The number of hydrogen-bond donors (Lipinski definition) is 0. The van der Waals surface area contributed by atoms with Gasteiger partial charge in [-0.2, -0.15) is 0 Å². The first-order valence-corrected chi connectivity index (χ1v) is 6.07. The normalized spacial score (nSPS) is 22.1. The Morgan fingerprint density at radius 2 is 1.38 bits per heavy atom. The summed E-state index contributed by atoms with van der Waals surface area (Å²) in [6.07, 6.45) is 2.48. The topological polar surface area (TPSA) is 12.4 Å². The van der Waals surface area contributed by atoms with Crippen LogP contribution in [-0.4, -0.2) is 5.71 Å². The van der Waals surface area contributed by atoms with Gasteiger partial charge >= 0.3 is 0 Å². The predicted molar refractivity (Wildman–Crippen MR) is 70.3 cm³/mol. The van der Waals surface area contributed by atoms with Crippen molar-refractivity contribution < 1.29 is 0 Å². The molecule has 1 aliphatic carbocycles. The summed E-state index contributed by atoms with van der Waals surface area (Å²) in [5.41, 5.74) is 2.94. The van der Waals surface area contributed by atoms with E-state index in [1.165, 1.54) is 18.6 Å². The lowest BCUT2D eigenvalue weighted by Gasteiger charge is -2.26. The van der Waals surface area contributed by atoms with Gasteiger partial charge in [0, 0.05) is 16.5 Å². The first-order valence-electron chi connectivity index (χ1n) is 6.07. The third-order valence-corrected chi connectivity index (χ3v) is 3.65. The highest BCUT2D eigenvalue weighted by Gasteiger charge is 2.43. The summed E-state index contributed by atoms with van der Waals surface area (Å²) < 4.78 is 0. The Morgan fingerprint density at radius 3 is 1.88 bits per heavy atom. The molecule has 86 valence electrons. The highest BCUT2D eigenvalue weighted by molar-refractivity contribution is 5.97. The largest absolute Gasteiger partial charge is 0.257 e. The molecule has 0 atom stereocenters. The van der Waals surface area contributed by atoms with Crippen LogP contribution in [0, 0.1) is 10.8 Å². The number of nitrogens with zero attached hydrogens (tertiary/aromatic N) is 1. The zero-order chi connectivity index (χ0) is 11.8. The van der Waals surface area contributed by atoms with Gasteiger partial charge in [0.05, 0.1) is 5.69 Å². The number of rotatable bonds is 1. The van der Waals surface area contributed by atoms with E-state index in [-0.39, 0.29) is 10.8 Å². The summed E-state index contributed by atoms with van der Waals surface area (Å²) in [6, 6.07) is 10.3. The smallest absolute Gasteiger partial charge is 0.0629 e. The van der Waals surface area contributed by atoms with Gasteiger partial charge in [-0.25, -0.2) is 0 Å². The van der Waals surface area contributed by atoms with Crippen LogP contribution in [0.3, 0.4) is 0 Å². The van der Waals surface area contributed by atoms with Gasteiger partial charge in [0.15, 0.2) is 0 Å². The fourth-order valence-corrected chi connectivity index (χ4v) is 2.71. The second kappa shape index (κ2) is 3.73. The Hall–Kier alpha value is -1.11. The predicted octanol–water partition coefficient (Wildman–Crippen LogP) is 4.61. The van der Waals surface area contributed by atoms with Crippen molar-refractivity contribution in [2.75, 3.05) is 0 Å². The molecule has 1 aromatic carbocycles. The van der Waals surface area contributed by atoms with Crippen LogP contribution < -0.4 is 0 Å². The van der Waals surface area contributed by atoms with Crippen molar-refractivity contribution in [2.24, 2.45) is 15.8 Å². The fourth-order valence-electron chi connectivity index (χ4n) is 2.71. The van der Waals surface area contributed by atoms with Gasteiger partial charge in [0.2, 0.25) is 0 Å². The van der Waals surface area contributed by atoms with Gasteiger partial charge in [-0.15, -0.1) is 0 Å². The maximum Gasteiger partial charge on any atom is 0.0629 e. The molecule has 0 amide bonds. The second-order valence-corrected chi connectivity index (χ2v) is 6.06. The molecular formula is C15H21N. The SMILES string of the molecule is CC1(C)CCC(C)(C)C1=Nc1ccccc1. The molecule has 0 aromatic heterocycles. The van der Waals surface area contributed by atoms with E-state index in [1.54, 1.807) is 0 Å². The van der Waals surface area contributed by atoms with Gasteiger partial charge < -0.3 is 0 Å². The van der Waals surface area contributed by atoms with E-state index in [9.17, 15) is 0 Å². The Morgan fingerprint density at radius 1 is 0.875 bits per heavy atom. The molecule has 1 fully saturated rings. The van der Waals surface area contributed by atoms with Gasteiger partial charge in [0.25, 0.3) is 0 Å². The molecule has 0 heterocycles. The molecule has 1 nitrogen and oxygen atoms in total. The van der Waals surface area contributed by atoms with Crippen LogP contribution in [0.1, 0.15) is 40.5 Å². The molecule has 1 aliphatic rings. The quantitative estimate of drug-likeness (QED) is 0.649. The lowest BCUT2D eigenvalue weighted by molar-refractivity contribution is 0.476. The molecule has 16 heavy (non-hydrogen) atoms. The number of hydrogen-bond acceptors (Lipinski definition) is 1. The van der Waals surface area contributed by atoms with Crippen LogP contribution in [0.5, 0.6) is 0 Å². The van der Waals surface area contributed by atoms with E-state index in [0.717, 1.165) is 5.69 Å². The summed E-state index contributed by atoms with van der Waals surface area (Å²) in [5, 5.41) is 0. The summed E-state index contributed by atoms with van der Waals surface area (Å²) in [4.78, 5) is 4.88. The molecule has 0 radical (unpaired) electrons. The molecular weight excluding hydrogens is 194 g/mol. The van der Waals surface area contributed by atoms with Gasteiger partial charge in [-0.05, 0) is 25.0 Å². The Labute approximate surface area is 98.6 Å². The van der Waals surface area contributed by atoms with E-state index in [1.807, 2.05) is 18.2 Å². The number of aliphatic imine (C=N–C) groups is 1. The minimum Gasteiger partial charge on any atom is -0.257 e. The molecule has 0 N–H and O–H groups in total. The van der Waals surface area contributed by atoms with Crippen molar-refractivity contribution in [3.8, 4) is 0 Å². The third-order valence-electron chi connectivity index (χ3n) is 3.65. The van der Waals surface area contributed by atoms with E-state index < -0.39 is 0 Å². The lowest BCUT2D eigenvalue weighted by Crippen LogP contribution is -2.27. The average Bonchev–Trinajstić information content (AvgIpc) is 2.43. The van der Waals surface area contributed by atoms with Gasteiger partial charge in [0.1, 0.15) is 0 Å². The molecule has 1 heteroatoms. The lowest BCUT2D eigenvalue weighted by atomic mass is 9.82. The van der Waals surface area contributed by atoms with E-state index in [4.69, 9.17) is 4.99 Å². The monoisotopic (exact) mass is 215 g/mol. The third kappa shape index (κ3) is 2.04. The van der Waals surface area contributed by atoms with Crippen LogP contribution >= 0.6 is 0 Å². The first kappa shape index (κ1) is 11.4. The van der Waals surface area contributed by atoms with Crippen molar-refractivity contribution in [1.82, 2.24) is 0 Å². The molecule has 1 aromatic rings. The van der Waals surface area contributed by atoms with E-state index in [0.29, 0.717) is 0 Å². The minimum absolute atomic E-state index is 0.249. The van der Waals surface area contributed by atoms with Crippen LogP contribution in [-0.2, 0) is 0 Å². The molecule has 0 unspecified atom stereocenters. The summed E-state index contributed by atoms with van der Waals surface area (Å²) >= 11 is 0. The Bertz CT molecular complexity index is 381. The fraction of sp³-hybridized carbons (Fsp3) is 0.533. The molecule has 2 rings (SSSR count). The second-order valence-electron chi connectivity index (χ2n) is 6.06. The van der Waals surface area contributed by atoms with Crippen molar-refractivity contribution in [1.29, 1.82) is 0 Å². The van der Waals surface area contributed by atoms with Crippen molar-refractivity contribution in [3.05, 3.63) is 30.3 Å². The van der Waals surface area contributed by atoms with Crippen LogP contribution in [0.25, 0.3) is 0 Å². The summed E-state index contributed by atoms with van der Waals surface area (Å²) in [6.45, 7) is 9.24. The number of para-hydroxylation sites is 1.